The van der Waals surface area contributed by atoms with Gasteiger partial charge in [-0.3, -0.25) is 10.3 Å². The molecule has 3 aromatic rings. The Morgan fingerprint density at radius 2 is 1.88 bits per heavy atom. The molecule has 1 aromatic carbocycles. The summed E-state index contributed by atoms with van der Waals surface area (Å²) in [5, 5.41) is 10.0. The van der Waals surface area contributed by atoms with E-state index in [0.717, 1.165) is 12.1 Å². The largest absolute Gasteiger partial charge is 0.330 e. The number of rotatable bonds is 6. The SMILES string of the molecule is CC(NC(=O)Nc1ccnn1CCc1ccccc1)c1ccccn1. The van der Waals surface area contributed by atoms with Crippen LogP contribution in [0.1, 0.15) is 24.2 Å². The van der Waals surface area contributed by atoms with Crippen LogP contribution in [0.25, 0.3) is 0 Å². The summed E-state index contributed by atoms with van der Waals surface area (Å²) in [7, 11) is 0. The molecule has 0 aliphatic heterocycles. The van der Waals surface area contributed by atoms with E-state index in [0.29, 0.717) is 12.4 Å². The maximum atomic E-state index is 12.2. The van der Waals surface area contributed by atoms with Gasteiger partial charge in [0.2, 0.25) is 0 Å². The number of hydrogen-bond acceptors (Lipinski definition) is 3. The van der Waals surface area contributed by atoms with E-state index in [1.807, 2.05) is 43.3 Å². The molecule has 0 radical (unpaired) electrons. The van der Waals surface area contributed by atoms with Crippen LogP contribution in [0, 0.1) is 0 Å². The van der Waals surface area contributed by atoms with E-state index in [1.165, 1.54) is 5.56 Å². The number of aryl methyl sites for hydroxylation is 2. The summed E-state index contributed by atoms with van der Waals surface area (Å²) in [4.78, 5) is 16.5. The first-order chi connectivity index (χ1) is 12.2. The number of nitrogens with one attached hydrogen (secondary N) is 2. The van der Waals surface area contributed by atoms with E-state index in [1.54, 1.807) is 23.1 Å². The molecular weight excluding hydrogens is 314 g/mol. The molecule has 2 N–H and O–H groups in total. The van der Waals surface area contributed by atoms with Gasteiger partial charge in [0.25, 0.3) is 0 Å². The molecule has 0 fully saturated rings. The van der Waals surface area contributed by atoms with Gasteiger partial charge in [0.1, 0.15) is 5.82 Å². The summed E-state index contributed by atoms with van der Waals surface area (Å²) in [6.07, 6.45) is 4.25. The van der Waals surface area contributed by atoms with Crippen LogP contribution in [0.3, 0.4) is 0 Å². The summed E-state index contributed by atoms with van der Waals surface area (Å²) < 4.78 is 1.79. The zero-order valence-electron chi connectivity index (χ0n) is 14.1. The normalized spacial score (nSPS) is 11.7. The Morgan fingerprint density at radius 1 is 1.08 bits per heavy atom. The minimum atomic E-state index is -0.278. The van der Waals surface area contributed by atoms with Crippen molar-refractivity contribution in [3.63, 3.8) is 0 Å². The van der Waals surface area contributed by atoms with Gasteiger partial charge >= 0.3 is 6.03 Å². The van der Waals surface area contributed by atoms with Crippen LogP contribution in [0.5, 0.6) is 0 Å². The van der Waals surface area contributed by atoms with Crippen molar-refractivity contribution in [3.8, 4) is 0 Å². The number of amides is 2. The Kier molecular flexibility index (Phi) is 5.41. The Bertz CT molecular complexity index is 801. The Labute approximate surface area is 146 Å². The average Bonchev–Trinajstić information content (AvgIpc) is 3.08. The van der Waals surface area contributed by atoms with Crippen molar-refractivity contribution in [3.05, 3.63) is 78.2 Å². The predicted molar refractivity (Wildman–Crippen MR) is 97.2 cm³/mol. The van der Waals surface area contributed by atoms with E-state index in [-0.39, 0.29) is 12.1 Å². The smallest absolute Gasteiger partial charge is 0.320 e. The lowest BCUT2D eigenvalue weighted by molar-refractivity contribution is 0.249. The van der Waals surface area contributed by atoms with Crippen molar-refractivity contribution >= 4 is 11.8 Å². The number of urea groups is 1. The first-order valence-corrected chi connectivity index (χ1v) is 8.26. The third-order valence-corrected chi connectivity index (χ3v) is 3.89. The molecule has 1 unspecified atom stereocenters. The summed E-state index contributed by atoms with van der Waals surface area (Å²) in [5.41, 5.74) is 2.05. The lowest BCUT2D eigenvalue weighted by Crippen LogP contribution is -2.32. The van der Waals surface area contributed by atoms with Crippen molar-refractivity contribution in [2.45, 2.75) is 25.9 Å². The number of carbonyl (C=O) groups excluding carboxylic acids is 1. The van der Waals surface area contributed by atoms with Crippen LogP contribution in [0.2, 0.25) is 0 Å². The first kappa shape index (κ1) is 16.7. The molecule has 128 valence electrons. The molecule has 3 rings (SSSR count). The topological polar surface area (TPSA) is 71.8 Å². The van der Waals surface area contributed by atoms with Crippen LogP contribution < -0.4 is 10.6 Å². The molecule has 6 heteroatoms. The van der Waals surface area contributed by atoms with E-state index in [2.05, 4.69) is 32.8 Å². The predicted octanol–water partition coefficient (Wildman–Crippen LogP) is 3.40. The zero-order valence-corrected chi connectivity index (χ0v) is 14.1. The van der Waals surface area contributed by atoms with E-state index in [4.69, 9.17) is 0 Å². The Balaban J connectivity index is 1.56. The lowest BCUT2D eigenvalue weighted by atomic mass is 10.1. The number of pyridine rings is 1. The Hall–Kier alpha value is -3.15. The maximum Gasteiger partial charge on any atom is 0.320 e. The zero-order chi connectivity index (χ0) is 17.5. The molecule has 2 amide bonds. The molecular formula is C19H21N5O. The minimum Gasteiger partial charge on any atom is -0.330 e. The fourth-order valence-corrected chi connectivity index (χ4v) is 2.55. The van der Waals surface area contributed by atoms with Crippen LogP contribution in [-0.2, 0) is 13.0 Å². The number of carbonyl (C=O) groups is 1. The fraction of sp³-hybridized carbons (Fsp3) is 0.211. The van der Waals surface area contributed by atoms with Gasteiger partial charge in [0.05, 0.1) is 17.9 Å². The summed E-state index contributed by atoms with van der Waals surface area (Å²) >= 11 is 0. The third kappa shape index (κ3) is 4.67. The molecule has 0 spiro atoms. The molecule has 6 nitrogen and oxygen atoms in total. The highest BCUT2D eigenvalue weighted by Gasteiger charge is 2.12. The van der Waals surface area contributed by atoms with Gasteiger partial charge in [0.15, 0.2) is 0 Å². The van der Waals surface area contributed by atoms with Crippen LogP contribution in [-0.4, -0.2) is 20.8 Å². The second kappa shape index (κ2) is 8.10. The summed E-state index contributed by atoms with van der Waals surface area (Å²) in [6.45, 7) is 2.59. The van der Waals surface area contributed by atoms with Crippen LogP contribution in [0.4, 0.5) is 10.6 Å². The molecule has 2 aromatic heterocycles. The van der Waals surface area contributed by atoms with Crippen molar-refractivity contribution < 1.29 is 4.79 Å². The molecule has 2 heterocycles. The van der Waals surface area contributed by atoms with Crippen molar-refractivity contribution in [2.24, 2.45) is 0 Å². The highest BCUT2D eigenvalue weighted by molar-refractivity contribution is 5.88. The number of anilines is 1. The third-order valence-electron chi connectivity index (χ3n) is 3.89. The maximum absolute atomic E-state index is 12.2. The molecule has 0 aliphatic carbocycles. The summed E-state index contributed by atoms with van der Waals surface area (Å²) in [5.74, 6) is 0.668. The molecule has 0 saturated carbocycles. The average molecular weight is 335 g/mol. The highest BCUT2D eigenvalue weighted by atomic mass is 16.2. The molecule has 1 atom stereocenters. The number of hydrogen-bond donors (Lipinski definition) is 2. The standard InChI is InChI=1S/C19H21N5O/c1-15(17-9-5-6-12-20-17)22-19(25)23-18-10-13-21-24(18)14-11-16-7-3-2-4-8-16/h2-10,12-13,15H,11,14H2,1H3,(H2,22,23,25). The molecule has 0 saturated heterocycles. The van der Waals surface area contributed by atoms with Gasteiger partial charge in [-0.25, -0.2) is 9.48 Å². The van der Waals surface area contributed by atoms with Gasteiger partial charge in [0, 0.05) is 18.8 Å². The van der Waals surface area contributed by atoms with Crippen molar-refractivity contribution in [2.75, 3.05) is 5.32 Å². The number of nitrogens with zero attached hydrogens (tertiary/aromatic N) is 3. The Morgan fingerprint density at radius 3 is 2.64 bits per heavy atom. The van der Waals surface area contributed by atoms with Crippen molar-refractivity contribution in [1.29, 1.82) is 0 Å². The fourth-order valence-electron chi connectivity index (χ4n) is 2.55. The van der Waals surface area contributed by atoms with Gasteiger partial charge in [-0.05, 0) is 31.0 Å². The van der Waals surface area contributed by atoms with Gasteiger partial charge < -0.3 is 5.32 Å². The van der Waals surface area contributed by atoms with Gasteiger partial charge in [-0.15, -0.1) is 0 Å². The second-order valence-electron chi connectivity index (χ2n) is 5.75. The van der Waals surface area contributed by atoms with E-state index in [9.17, 15) is 4.79 Å². The number of benzene rings is 1. The molecule has 0 bridgehead atoms. The van der Waals surface area contributed by atoms with Gasteiger partial charge in [-0.1, -0.05) is 36.4 Å². The summed E-state index contributed by atoms with van der Waals surface area (Å²) in [6, 6.07) is 17.2. The van der Waals surface area contributed by atoms with E-state index >= 15 is 0 Å². The van der Waals surface area contributed by atoms with E-state index < -0.39 is 0 Å². The monoisotopic (exact) mass is 335 g/mol. The van der Waals surface area contributed by atoms with Crippen molar-refractivity contribution in [1.82, 2.24) is 20.1 Å². The lowest BCUT2D eigenvalue weighted by Gasteiger charge is -2.15. The van der Waals surface area contributed by atoms with Crippen LogP contribution >= 0.6 is 0 Å². The number of aromatic nitrogens is 3. The molecule has 0 aliphatic rings. The quantitative estimate of drug-likeness (QED) is 0.725. The first-order valence-electron chi connectivity index (χ1n) is 8.26. The second-order valence-corrected chi connectivity index (χ2v) is 5.75. The van der Waals surface area contributed by atoms with Gasteiger partial charge in [-0.2, -0.15) is 5.10 Å². The minimum absolute atomic E-state index is 0.179. The molecule has 25 heavy (non-hydrogen) atoms. The van der Waals surface area contributed by atoms with Crippen LogP contribution in [0.15, 0.2) is 67.0 Å². The highest BCUT2D eigenvalue weighted by Crippen LogP contribution is 2.11.